The fourth-order valence-electron chi connectivity index (χ4n) is 4.80. The first kappa shape index (κ1) is 23.5. The van der Waals surface area contributed by atoms with Crippen LogP contribution in [0.2, 0.25) is 10.0 Å². The number of halogens is 5. The van der Waals surface area contributed by atoms with Crippen LogP contribution in [0.4, 0.5) is 14.5 Å². The molecule has 176 valence electrons. The molecule has 0 saturated heterocycles. The molecule has 3 aromatic carbocycles. The van der Waals surface area contributed by atoms with Crippen molar-refractivity contribution in [1.29, 1.82) is 0 Å². The second kappa shape index (κ2) is 9.40. The summed E-state index contributed by atoms with van der Waals surface area (Å²) in [6, 6.07) is 11.2. The lowest BCUT2D eigenvalue weighted by molar-refractivity contribution is 0.282. The van der Waals surface area contributed by atoms with E-state index in [1.54, 1.807) is 19.2 Å². The predicted octanol–water partition coefficient (Wildman–Crippen LogP) is 8.45. The number of methoxy groups -OCH3 is 1. The first-order valence-electron chi connectivity index (χ1n) is 10.7. The van der Waals surface area contributed by atoms with Crippen LogP contribution >= 0.6 is 39.1 Å². The minimum absolute atomic E-state index is 0.0702. The Balaban J connectivity index is 1.47. The Morgan fingerprint density at radius 2 is 1.94 bits per heavy atom. The summed E-state index contributed by atoms with van der Waals surface area (Å²) in [4.78, 5) is 0. The third-order valence-corrected chi connectivity index (χ3v) is 7.56. The van der Waals surface area contributed by atoms with Crippen molar-refractivity contribution >= 4 is 44.8 Å². The summed E-state index contributed by atoms with van der Waals surface area (Å²) < 4.78 is 41.0. The van der Waals surface area contributed by atoms with Crippen LogP contribution in [-0.4, -0.2) is 7.11 Å². The van der Waals surface area contributed by atoms with Crippen LogP contribution in [0, 0.1) is 17.6 Å². The van der Waals surface area contributed by atoms with Crippen molar-refractivity contribution in [2.45, 2.75) is 25.0 Å². The fourth-order valence-corrected chi connectivity index (χ4v) is 5.84. The summed E-state index contributed by atoms with van der Waals surface area (Å²) in [5.41, 5.74) is 2.69. The Labute approximate surface area is 214 Å². The first-order chi connectivity index (χ1) is 16.4. The molecule has 5 rings (SSSR count). The van der Waals surface area contributed by atoms with Gasteiger partial charge in [-0.15, -0.1) is 0 Å². The van der Waals surface area contributed by atoms with Crippen molar-refractivity contribution in [3.8, 4) is 11.5 Å². The first-order valence-corrected chi connectivity index (χ1v) is 12.3. The molecule has 0 amide bonds. The number of hydrogen-bond donors (Lipinski definition) is 1. The molecule has 3 unspecified atom stereocenters. The van der Waals surface area contributed by atoms with Crippen LogP contribution in [0.15, 0.2) is 59.1 Å². The van der Waals surface area contributed by atoms with E-state index in [0.29, 0.717) is 37.3 Å². The average molecular weight is 567 g/mol. The van der Waals surface area contributed by atoms with Gasteiger partial charge < -0.3 is 14.8 Å². The summed E-state index contributed by atoms with van der Waals surface area (Å²) in [5, 5.41) is 4.39. The maximum Gasteiger partial charge on any atom is 0.175 e. The van der Waals surface area contributed by atoms with E-state index in [0.717, 1.165) is 23.6 Å². The highest BCUT2D eigenvalue weighted by Gasteiger charge is 2.39. The Morgan fingerprint density at radius 1 is 1.12 bits per heavy atom. The summed E-state index contributed by atoms with van der Waals surface area (Å²) in [6.07, 6.45) is 4.91. The van der Waals surface area contributed by atoms with Crippen LogP contribution in [0.5, 0.6) is 11.5 Å². The zero-order valence-electron chi connectivity index (χ0n) is 18.0. The maximum atomic E-state index is 14.7. The van der Waals surface area contributed by atoms with Crippen LogP contribution in [0.25, 0.3) is 0 Å². The maximum absolute atomic E-state index is 14.7. The number of nitrogens with one attached hydrogen (secondary N) is 1. The number of benzene rings is 3. The third kappa shape index (κ3) is 4.28. The van der Waals surface area contributed by atoms with Crippen molar-refractivity contribution in [1.82, 2.24) is 0 Å². The largest absolute Gasteiger partial charge is 0.493 e. The summed E-state index contributed by atoms with van der Waals surface area (Å²) in [7, 11) is 1.57. The Hall–Kier alpha value is -2.28. The highest BCUT2D eigenvalue weighted by atomic mass is 79.9. The topological polar surface area (TPSA) is 30.5 Å². The standard InChI is InChI=1S/C26H20BrCl2F2NO2/c1-33-23-8-14(7-20(27)26(23)34-12-13-5-6-15(28)9-21(13)29)24-18-4-2-3-17(18)19-10-16(30)11-22(31)25(19)32-24/h2-3,5-11,17-18,24,32H,4,12H2,1H3. The van der Waals surface area contributed by atoms with Gasteiger partial charge in [-0.1, -0.05) is 41.4 Å². The highest BCUT2D eigenvalue weighted by molar-refractivity contribution is 9.10. The van der Waals surface area contributed by atoms with Gasteiger partial charge in [-0.25, -0.2) is 8.78 Å². The van der Waals surface area contributed by atoms with Crippen LogP contribution in [-0.2, 0) is 6.61 Å². The monoisotopic (exact) mass is 565 g/mol. The molecule has 0 saturated carbocycles. The van der Waals surface area contributed by atoms with Crippen LogP contribution < -0.4 is 14.8 Å². The number of rotatable bonds is 5. The van der Waals surface area contributed by atoms with E-state index in [1.807, 2.05) is 24.3 Å². The number of fused-ring (bicyclic) bond motifs is 3. The van der Waals surface area contributed by atoms with E-state index in [2.05, 4.69) is 27.3 Å². The second-order valence-electron chi connectivity index (χ2n) is 8.39. The van der Waals surface area contributed by atoms with Crippen LogP contribution in [0.1, 0.15) is 35.1 Å². The number of allylic oxidation sites excluding steroid dienone is 2. The minimum Gasteiger partial charge on any atom is -0.493 e. The lowest BCUT2D eigenvalue weighted by atomic mass is 9.77. The molecule has 3 atom stereocenters. The lowest BCUT2D eigenvalue weighted by Gasteiger charge is -2.38. The minimum atomic E-state index is -0.593. The molecule has 2 aliphatic rings. The molecule has 1 heterocycles. The Kier molecular flexibility index (Phi) is 6.49. The molecule has 0 aromatic heterocycles. The van der Waals surface area contributed by atoms with Crippen LogP contribution in [0.3, 0.4) is 0 Å². The second-order valence-corrected chi connectivity index (χ2v) is 10.1. The van der Waals surface area contributed by atoms with Gasteiger partial charge in [0.15, 0.2) is 11.5 Å². The van der Waals surface area contributed by atoms with Crippen molar-refractivity contribution < 1.29 is 18.3 Å². The Morgan fingerprint density at radius 3 is 2.71 bits per heavy atom. The molecule has 0 radical (unpaired) electrons. The summed E-state index contributed by atoms with van der Waals surface area (Å²) >= 11 is 15.9. The van der Waals surface area contributed by atoms with Gasteiger partial charge in [-0.2, -0.15) is 0 Å². The van der Waals surface area contributed by atoms with Gasteiger partial charge in [0, 0.05) is 27.6 Å². The van der Waals surface area contributed by atoms with E-state index >= 15 is 0 Å². The predicted molar refractivity (Wildman–Crippen MR) is 134 cm³/mol. The molecule has 1 aliphatic heterocycles. The van der Waals surface area contributed by atoms with Crippen molar-refractivity contribution in [3.63, 3.8) is 0 Å². The highest BCUT2D eigenvalue weighted by Crippen LogP contribution is 2.52. The number of anilines is 1. The zero-order valence-corrected chi connectivity index (χ0v) is 21.1. The van der Waals surface area contributed by atoms with E-state index in [-0.39, 0.29) is 24.5 Å². The Bertz CT molecular complexity index is 1300. The van der Waals surface area contributed by atoms with Crippen molar-refractivity contribution in [3.05, 3.63) is 97.5 Å². The lowest BCUT2D eigenvalue weighted by Crippen LogP contribution is -2.30. The molecular weight excluding hydrogens is 547 g/mol. The molecular formula is C26H20BrCl2F2NO2. The van der Waals surface area contributed by atoms with E-state index in [4.69, 9.17) is 32.7 Å². The van der Waals surface area contributed by atoms with E-state index in [1.165, 1.54) is 6.07 Å². The number of ether oxygens (including phenoxy) is 2. The molecule has 0 fully saturated rings. The third-order valence-electron chi connectivity index (χ3n) is 6.38. The molecule has 34 heavy (non-hydrogen) atoms. The SMILES string of the molecule is COc1cc(C2Nc3c(F)cc(F)cc3C3C=CCC32)cc(Br)c1OCc1ccc(Cl)cc1Cl. The van der Waals surface area contributed by atoms with Gasteiger partial charge in [0.2, 0.25) is 0 Å². The molecule has 1 N–H and O–H groups in total. The zero-order chi connectivity index (χ0) is 24.0. The fraction of sp³-hybridized carbons (Fsp3) is 0.231. The molecule has 0 spiro atoms. The molecule has 1 aliphatic carbocycles. The summed E-state index contributed by atoms with van der Waals surface area (Å²) in [6.45, 7) is 0.227. The molecule has 3 aromatic rings. The van der Waals surface area contributed by atoms with Gasteiger partial charge in [0.25, 0.3) is 0 Å². The molecule has 8 heteroatoms. The number of hydrogen-bond acceptors (Lipinski definition) is 3. The van der Waals surface area contributed by atoms with Gasteiger partial charge in [-0.05, 0) is 69.7 Å². The van der Waals surface area contributed by atoms with E-state index < -0.39 is 11.6 Å². The van der Waals surface area contributed by atoms with Gasteiger partial charge in [0.1, 0.15) is 18.2 Å². The molecule has 3 nitrogen and oxygen atoms in total. The van der Waals surface area contributed by atoms with E-state index in [9.17, 15) is 8.78 Å². The summed E-state index contributed by atoms with van der Waals surface area (Å²) in [5.74, 6) is -0.0528. The molecule has 0 bridgehead atoms. The quantitative estimate of drug-likeness (QED) is 0.314. The van der Waals surface area contributed by atoms with Crippen molar-refractivity contribution in [2.24, 2.45) is 5.92 Å². The smallest absolute Gasteiger partial charge is 0.175 e. The van der Waals surface area contributed by atoms with Gasteiger partial charge >= 0.3 is 0 Å². The van der Waals surface area contributed by atoms with Gasteiger partial charge in [0.05, 0.1) is 23.3 Å². The van der Waals surface area contributed by atoms with Gasteiger partial charge in [-0.3, -0.25) is 0 Å². The van der Waals surface area contributed by atoms with Crippen molar-refractivity contribution in [2.75, 3.05) is 12.4 Å². The normalized spacial score (nSPS) is 20.5. The average Bonchev–Trinajstić information content (AvgIpc) is 3.29.